The molecule has 0 radical (unpaired) electrons. The van der Waals surface area contributed by atoms with Crippen LogP contribution < -0.4 is 14.8 Å². The number of hydrogen-bond acceptors (Lipinski definition) is 4. The highest BCUT2D eigenvalue weighted by Gasteiger charge is 2.11. The maximum Gasteiger partial charge on any atom is 0.224 e. The summed E-state index contributed by atoms with van der Waals surface area (Å²) in [6.45, 7) is 7.54. The molecule has 0 saturated heterocycles. The molecule has 2 aromatic rings. The van der Waals surface area contributed by atoms with Gasteiger partial charge in [0, 0.05) is 18.8 Å². The van der Waals surface area contributed by atoms with Crippen LogP contribution in [0.2, 0.25) is 0 Å². The molecule has 0 spiro atoms. The third kappa shape index (κ3) is 5.24. The molecule has 1 aromatic carbocycles. The largest absolute Gasteiger partial charge is 0.493 e. The molecule has 0 bridgehead atoms. The molecule has 0 aliphatic carbocycles. The Morgan fingerprint density at radius 3 is 2.52 bits per heavy atom. The van der Waals surface area contributed by atoms with Gasteiger partial charge in [0.1, 0.15) is 0 Å². The van der Waals surface area contributed by atoms with Crippen LogP contribution in [0.3, 0.4) is 0 Å². The summed E-state index contributed by atoms with van der Waals surface area (Å²) in [5.74, 6) is 1.58. The normalized spacial score (nSPS) is 11.9. The first-order chi connectivity index (χ1) is 11.9. The average molecular weight is 345 g/mol. The van der Waals surface area contributed by atoms with Crippen molar-refractivity contribution in [2.75, 3.05) is 20.8 Å². The second-order valence-corrected chi connectivity index (χ2v) is 6.38. The zero-order chi connectivity index (χ0) is 18.4. The van der Waals surface area contributed by atoms with Gasteiger partial charge in [-0.25, -0.2) is 0 Å². The number of nitrogens with one attached hydrogen (secondary N) is 1. The molecule has 1 amide bonds. The highest BCUT2D eigenvalue weighted by atomic mass is 16.5. The van der Waals surface area contributed by atoms with Crippen molar-refractivity contribution in [1.82, 2.24) is 15.1 Å². The van der Waals surface area contributed by atoms with Gasteiger partial charge in [-0.15, -0.1) is 0 Å². The number of carbonyl (C=O) groups excluding carboxylic acids is 1. The minimum Gasteiger partial charge on any atom is -0.493 e. The third-order valence-corrected chi connectivity index (χ3v) is 4.05. The molecule has 2 rings (SSSR count). The number of amides is 1. The Hall–Kier alpha value is -2.50. The number of ether oxygens (including phenoxy) is 2. The van der Waals surface area contributed by atoms with Gasteiger partial charge in [0.15, 0.2) is 11.5 Å². The summed E-state index contributed by atoms with van der Waals surface area (Å²) in [4.78, 5) is 12.2. The lowest BCUT2D eigenvalue weighted by Gasteiger charge is -2.14. The van der Waals surface area contributed by atoms with Crippen LogP contribution in [0.4, 0.5) is 0 Å². The van der Waals surface area contributed by atoms with Crippen LogP contribution in [0.15, 0.2) is 24.3 Å². The molecule has 1 heterocycles. The van der Waals surface area contributed by atoms with Crippen LogP contribution in [0, 0.1) is 19.8 Å². The molecule has 136 valence electrons. The predicted octanol–water partition coefficient (Wildman–Crippen LogP) is 2.51. The van der Waals surface area contributed by atoms with E-state index in [-0.39, 0.29) is 5.91 Å². The molecule has 0 saturated carbocycles. The maximum absolute atomic E-state index is 12.2. The summed E-state index contributed by atoms with van der Waals surface area (Å²) >= 11 is 0. The zero-order valence-corrected chi connectivity index (χ0v) is 15.6. The van der Waals surface area contributed by atoms with Gasteiger partial charge in [0.2, 0.25) is 5.91 Å². The summed E-state index contributed by atoms with van der Waals surface area (Å²) in [6.07, 6.45) is 0.312. The SMILES string of the molecule is COc1ccc(CC(=O)NC[C@H](C)Cn2nc(C)cc2C)cc1OC. The van der Waals surface area contributed by atoms with Crippen molar-refractivity contribution in [3.05, 3.63) is 41.2 Å². The Kier molecular flexibility index (Phi) is 6.44. The lowest BCUT2D eigenvalue weighted by atomic mass is 10.1. The van der Waals surface area contributed by atoms with Crippen molar-refractivity contribution in [2.24, 2.45) is 5.92 Å². The van der Waals surface area contributed by atoms with Gasteiger partial charge >= 0.3 is 0 Å². The molecular weight excluding hydrogens is 318 g/mol. The van der Waals surface area contributed by atoms with Crippen LogP contribution >= 0.6 is 0 Å². The summed E-state index contributed by atoms with van der Waals surface area (Å²) in [5, 5.41) is 7.45. The van der Waals surface area contributed by atoms with Gasteiger partial charge in [-0.05, 0) is 43.5 Å². The smallest absolute Gasteiger partial charge is 0.224 e. The fourth-order valence-electron chi connectivity index (χ4n) is 2.75. The molecule has 25 heavy (non-hydrogen) atoms. The van der Waals surface area contributed by atoms with Gasteiger partial charge in [-0.3, -0.25) is 9.48 Å². The minimum absolute atomic E-state index is 0.00700. The van der Waals surface area contributed by atoms with Crippen LogP contribution in [0.1, 0.15) is 23.9 Å². The summed E-state index contributed by atoms with van der Waals surface area (Å²) in [6, 6.07) is 7.58. The number of benzene rings is 1. The van der Waals surface area contributed by atoms with E-state index in [2.05, 4.69) is 23.4 Å². The standard InChI is InChI=1S/C19H27N3O3/c1-13(12-22-15(3)8-14(2)21-22)11-20-19(23)10-16-6-7-17(24-4)18(9-16)25-5/h6-9,13H,10-12H2,1-5H3,(H,20,23)/t13-/m0/s1. The molecule has 0 fully saturated rings. The summed E-state index contributed by atoms with van der Waals surface area (Å²) in [5.41, 5.74) is 3.05. The van der Waals surface area contributed by atoms with Crippen molar-refractivity contribution in [3.63, 3.8) is 0 Å². The lowest BCUT2D eigenvalue weighted by molar-refractivity contribution is -0.120. The van der Waals surface area contributed by atoms with Crippen LogP contribution in [-0.4, -0.2) is 36.5 Å². The van der Waals surface area contributed by atoms with E-state index in [1.807, 2.05) is 36.7 Å². The zero-order valence-electron chi connectivity index (χ0n) is 15.6. The van der Waals surface area contributed by atoms with E-state index >= 15 is 0 Å². The van der Waals surface area contributed by atoms with Gasteiger partial charge in [0.25, 0.3) is 0 Å². The van der Waals surface area contributed by atoms with Crippen LogP contribution in [-0.2, 0) is 17.8 Å². The number of rotatable bonds is 8. The fraction of sp³-hybridized carbons (Fsp3) is 0.474. The van der Waals surface area contributed by atoms with E-state index in [4.69, 9.17) is 9.47 Å². The Morgan fingerprint density at radius 2 is 1.92 bits per heavy atom. The molecule has 6 nitrogen and oxygen atoms in total. The Labute approximate surface area is 149 Å². The topological polar surface area (TPSA) is 65.4 Å². The van der Waals surface area contributed by atoms with E-state index in [0.717, 1.165) is 23.5 Å². The second kappa shape index (κ2) is 8.55. The first-order valence-electron chi connectivity index (χ1n) is 8.41. The molecule has 0 aliphatic rings. The van der Waals surface area contributed by atoms with Gasteiger partial charge < -0.3 is 14.8 Å². The Morgan fingerprint density at radius 1 is 1.20 bits per heavy atom. The molecular formula is C19H27N3O3. The van der Waals surface area contributed by atoms with Gasteiger partial charge in [0.05, 0.1) is 26.3 Å². The van der Waals surface area contributed by atoms with Crippen molar-refractivity contribution in [2.45, 2.75) is 33.7 Å². The maximum atomic E-state index is 12.2. The predicted molar refractivity (Wildman–Crippen MR) is 97.1 cm³/mol. The fourth-order valence-corrected chi connectivity index (χ4v) is 2.75. The molecule has 0 aliphatic heterocycles. The van der Waals surface area contributed by atoms with Gasteiger partial charge in [-0.2, -0.15) is 5.10 Å². The van der Waals surface area contributed by atoms with Crippen molar-refractivity contribution in [3.8, 4) is 11.5 Å². The monoisotopic (exact) mass is 345 g/mol. The Balaban J connectivity index is 1.85. The quantitative estimate of drug-likeness (QED) is 0.798. The molecule has 1 aromatic heterocycles. The van der Waals surface area contributed by atoms with Crippen molar-refractivity contribution >= 4 is 5.91 Å². The number of hydrogen-bond donors (Lipinski definition) is 1. The van der Waals surface area contributed by atoms with Crippen LogP contribution in [0.25, 0.3) is 0 Å². The number of methoxy groups -OCH3 is 2. The summed E-state index contributed by atoms with van der Waals surface area (Å²) in [7, 11) is 3.18. The first-order valence-corrected chi connectivity index (χ1v) is 8.41. The van der Waals surface area contributed by atoms with E-state index in [9.17, 15) is 4.79 Å². The van der Waals surface area contributed by atoms with Gasteiger partial charge in [-0.1, -0.05) is 13.0 Å². The van der Waals surface area contributed by atoms with Crippen molar-refractivity contribution < 1.29 is 14.3 Å². The minimum atomic E-state index is -0.00700. The molecule has 1 atom stereocenters. The Bertz CT molecular complexity index is 725. The molecule has 1 N–H and O–H groups in total. The summed E-state index contributed by atoms with van der Waals surface area (Å²) < 4.78 is 12.5. The number of carbonyl (C=O) groups is 1. The van der Waals surface area contributed by atoms with E-state index < -0.39 is 0 Å². The van der Waals surface area contributed by atoms with E-state index in [1.54, 1.807) is 14.2 Å². The van der Waals surface area contributed by atoms with Crippen LogP contribution in [0.5, 0.6) is 11.5 Å². The second-order valence-electron chi connectivity index (χ2n) is 6.38. The number of aryl methyl sites for hydroxylation is 2. The van der Waals surface area contributed by atoms with E-state index in [0.29, 0.717) is 30.4 Å². The third-order valence-electron chi connectivity index (χ3n) is 4.05. The molecule has 0 unspecified atom stereocenters. The highest BCUT2D eigenvalue weighted by Crippen LogP contribution is 2.27. The number of nitrogens with zero attached hydrogens (tertiary/aromatic N) is 2. The van der Waals surface area contributed by atoms with Crippen molar-refractivity contribution in [1.29, 1.82) is 0 Å². The first kappa shape index (κ1) is 18.8. The highest BCUT2D eigenvalue weighted by molar-refractivity contribution is 5.78. The average Bonchev–Trinajstić information content (AvgIpc) is 2.90. The van der Waals surface area contributed by atoms with E-state index in [1.165, 1.54) is 0 Å². The molecule has 6 heteroatoms. The lowest BCUT2D eigenvalue weighted by Crippen LogP contribution is -2.31. The number of aromatic nitrogens is 2.